The van der Waals surface area contributed by atoms with Crippen LogP contribution in [0.3, 0.4) is 0 Å². The van der Waals surface area contributed by atoms with Gasteiger partial charge in [0.1, 0.15) is 6.04 Å². The lowest BCUT2D eigenvalue weighted by Crippen LogP contribution is -2.48. The van der Waals surface area contributed by atoms with Gasteiger partial charge >= 0.3 is 0 Å². The van der Waals surface area contributed by atoms with Crippen LogP contribution in [-0.4, -0.2) is 41.8 Å². The second-order valence-electron chi connectivity index (χ2n) is 5.55. The molecule has 3 amide bonds. The molecule has 0 radical (unpaired) electrons. The maximum atomic E-state index is 12.4. The SMILES string of the molecule is CCCN(CC(=O)Nc1ccccc1C)C(=O)C(C)NC(C)=O. The van der Waals surface area contributed by atoms with Crippen LogP contribution in [0.1, 0.15) is 32.8 Å². The van der Waals surface area contributed by atoms with Crippen LogP contribution in [0.2, 0.25) is 0 Å². The number of benzene rings is 1. The van der Waals surface area contributed by atoms with E-state index < -0.39 is 6.04 Å². The first kappa shape index (κ1) is 18.7. The minimum absolute atomic E-state index is 0.0368. The normalized spacial score (nSPS) is 11.5. The van der Waals surface area contributed by atoms with Crippen molar-refractivity contribution in [1.82, 2.24) is 10.2 Å². The Morgan fingerprint density at radius 1 is 1.22 bits per heavy atom. The number of carbonyl (C=O) groups excluding carboxylic acids is 3. The molecule has 0 saturated carbocycles. The number of nitrogens with zero attached hydrogens (tertiary/aromatic N) is 1. The van der Waals surface area contributed by atoms with Crippen LogP contribution in [0.4, 0.5) is 5.69 Å². The van der Waals surface area contributed by atoms with Crippen LogP contribution in [0.15, 0.2) is 24.3 Å². The zero-order chi connectivity index (χ0) is 17.4. The summed E-state index contributed by atoms with van der Waals surface area (Å²) in [4.78, 5) is 37.1. The molecule has 1 aromatic carbocycles. The molecule has 23 heavy (non-hydrogen) atoms. The highest BCUT2D eigenvalue weighted by Crippen LogP contribution is 2.13. The van der Waals surface area contributed by atoms with Crippen LogP contribution in [0, 0.1) is 6.92 Å². The third-order valence-corrected chi connectivity index (χ3v) is 3.35. The minimum Gasteiger partial charge on any atom is -0.345 e. The van der Waals surface area contributed by atoms with Crippen molar-refractivity contribution in [3.63, 3.8) is 0 Å². The van der Waals surface area contributed by atoms with E-state index in [1.807, 2.05) is 38.1 Å². The molecule has 0 fully saturated rings. The van der Waals surface area contributed by atoms with E-state index in [9.17, 15) is 14.4 Å². The zero-order valence-corrected chi connectivity index (χ0v) is 14.2. The average molecular weight is 319 g/mol. The van der Waals surface area contributed by atoms with Crippen molar-refractivity contribution >= 4 is 23.4 Å². The van der Waals surface area contributed by atoms with E-state index in [2.05, 4.69) is 10.6 Å². The highest BCUT2D eigenvalue weighted by Gasteiger charge is 2.22. The van der Waals surface area contributed by atoms with Gasteiger partial charge in [-0.2, -0.15) is 0 Å². The molecule has 6 heteroatoms. The molecule has 0 saturated heterocycles. The van der Waals surface area contributed by atoms with Gasteiger partial charge in [-0.3, -0.25) is 14.4 Å². The summed E-state index contributed by atoms with van der Waals surface area (Å²) in [5.41, 5.74) is 1.69. The van der Waals surface area contributed by atoms with Crippen molar-refractivity contribution in [2.45, 2.75) is 40.2 Å². The Morgan fingerprint density at radius 2 is 1.87 bits per heavy atom. The molecular weight excluding hydrogens is 294 g/mol. The van der Waals surface area contributed by atoms with Gasteiger partial charge in [-0.25, -0.2) is 0 Å². The smallest absolute Gasteiger partial charge is 0.245 e. The second kappa shape index (κ2) is 8.92. The number of rotatable bonds is 7. The fourth-order valence-electron chi connectivity index (χ4n) is 2.25. The molecule has 1 atom stereocenters. The van der Waals surface area contributed by atoms with E-state index in [-0.39, 0.29) is 24.3 Å². The maximum Gasteiger partial charge on any atom is 0.245 e. The summed E-state index contributed by atoms with van der Waals surface area (Å²) in [7, 11) is 0. The van der Waals surface area contributed by atoms with Crippen molar-refractivity contribution in [2.24, 2.45) is 0 Å². The number of hydrogen-bond acceptors (Lipinski definition) is 3. The van der Waals surface area contributed by atoms with Crippen LogP contribution >= 0.6 is 0 Å². The third-order valence-electron chi connectivity index (χ3n) is 3.35. The molecule has 126 valence electrons. The predicted molar refractivity (Wildman–Crippen MR) is 90.0 cm³/mol. The zero-order valence-electron chi connectivity index (χ0n) is 14.2. The molecule has 0 aromatic heterocycles. The first-order valence-electron chi connectivity index (χ1n) is 7.76. The molecule has 0 spiro atoms. The van der Waals surface area contributed by atoms with Crippen LogP contribution in [0.25, 0.3) is 0 Å². The van der Waals surface area contributed by atoms with Gasteiger partial charge in [-0.15, -0.1) is 0 Å². The average Bonchev–Trinajstić information content (AvgIpc) is 2.47. The Morgan fingerprint density at radius 3 is 2.43 bits per heavy atom. The van der Waals surface area contributed by atoms with Crippen LogP contribution in [0.5, 0.6) is 0 Å². The Kier molecular flexibility index (Phi) is 7.25. The fraction of sp³-hybridized carbons (Fsp3) is 0.471. The molecule has 6 nitrogen and oxygen atoms in total. The van der Waals surface area contributed by atoms with Gasteiger partial charge in [0.05, 0.1) is 6.54 Å². The van der Waals surface area contributed by atoms with Crippen molar-refractivity contribution in [2.75, 3.05) is 18.4 Å². The summed E-state index contributed by atoms with van der Waals surface area (Å²) in [5, 5.41) is 5.37. The number of aryl methyl sites for hydroxylation is 1. The third kappa shape index (κ3) is 6.10. The van der Waals surface area contributed by atoms with Gasteiger partial charge in [-0.1, -0.05) is 25.1 Å². The summed E-state index contributed by atoms with van der Waals surface area (Å²) in [5.74, 6) is -0.787. The summed E-state index contributed by atoms with van der Waals surface area (Å²) in [6.45, 7) is 7.24. The number of anilines is 1. The standard InChI is InChI=1S/C17H25N3O3/c1-5-10-20(17(23)13(3)18-14(4)21)11-16(22)19-15-9-7-6-8-12(15)2/h6-9,13H,5,10-11H2,1-4H3,(H,18,21)(H,19,22). The Bertz CT molecular complexity index is 572. The van der Waals surface area contributed by atoms with E-state index in [0.717, 1.165) is 17.7 Å². The highest BCUT2D eigenvalue weighted by molar-refractivity contribution is 5.96. The van der Waals surface area contributed by atoms with E-state index in [4.69, 9.17) is 0 Å². The Balaban J connectivity index is 2.71. The van der Waals surface area contributed by atoms with E-state index in [1.54, 1.807) is 6.92 Å². The number of para-hydroxylation sites is 1. The second-order valence-corrected chi connectivity index (χ2v) is 5.55. The lowest BCUT2D eigenvalue weighted by molar-refractivity contribution is -0.137. The first-order valence-corrected chi connectivity index (χ1v) is 7.76. The molecule has 2 N–H and O–H groups in total. The highest BCUT2D eigenvalue weighted by atomic mass is 16.2. The van der Waals surface area contributed by atoms with E-state index >= 15 is 0 Å². The van der Waals surface area contributed by atoms with Gasteiger partial charge in [0.2, 0.25) is 17.7 Å². The molecule has 1 unspecified atom stereocenters. The summed E-state index contributed by atoms with van der Waals surface area (Å²) in [6.07, 6.45) is 0.732. The molecule has 1 aromatic rings. The largest absolute Gasteiger partial charge is 0.345 e. The van der Waals surface area contributed by atoms with Gasteiger partial charge < -0.3 is 15.5 Å². The topological polar surface area (TPSA) is 78.5 Å². The van der Waals surface area contributed by atoms with E-state index in [0.29, 0.717) is 6.54 Å². The molecular formula is C17H25N3O3. The summed E-state index contributed by atoms with van der Waals surface area (Å²) >= 11 is 0. The summed E-state index contributed by atoms with van der Waals surface area (Å²) < 4.78 is 0. The number of carbonyl (C=O) groups is 3. The predicted octanol–water partition coefficient (Wildman–Crippen LogP) is 1.70. The lowest BCUT2D eigenvalue weighted by Gasteiger charge is -2.25. The molecule has 0 heterocycles. The van der Waals surface area contributed by atoms with Crippen molar-refractivity contribution in [1.29, 1.82) is 0 Å². The maximum absolute atomic E-state index is 12.4. The Labute approximate surface area is 137 Å². The molecule has 0 aliphatic rings. The first-order chi connectivity index (χ1) is 10.8. The number of amides is 3. The van der Waals surface area contributed by atoms with Gasteiger partial charge in [0, 0.05) is 19.2 Å². The monoisotopic (exact) mass is 319 g/mol. The van der Waals surface area contributed by atoms with Crippen molar-refractivity contribution < 1.29 is 14.4 Å². The van der Waals surface area contributed by atoms with Crippen LogP contribution in [-0.2, 0) is 14.4 Å². The van der Waals surface area contributed by atoms with Crippen molar-refractivity contribution in [3.05, 3.63) is 29.8 Å². The van der Waals surface area contributed by atoms with Gasteiger partial charge in [0.15, 0.2) is 0 Å². The fourth-order valence-corrected chi connectivity index (χ4v) is 2.25. The summed E-state index contributed by atoms with van der Waals surface area (Å²) in [6, 6.07) is 6.82. The molecule has 0 aliphatic carbocycles. The van der Waals surface area contributed by atoms with E-state index in [1.165, 1.54) is 11.8 Å². The molecule has 1 rings (SSSR count). The minimum atomic E-state index is -0.648. The lowest BCUT2D eigenvalue weighted by atomic mass is 10.2. The quantitative estimate of drug-likeness (QED) is 0.803. The van der Waals surface area contributed by atoms with Gasteiger partial charge in [0.25, 0.3) is 0 Å². The Hall–Kier alpha value is -2.37. The van der Waals surface area contributed by atoms with Crippen molar-refractivity contribution in [3.8, 4) is 0 Å². The number of nitrogens with one attached hydrogen (secondary N) is 2. The molecule has 0 aliphatic heterocycles. The molecule has 0 bridgehead atoms. The van der Waals surface area contributed by atoms with Gasteiger partial charge in [-0.05, 0) is 31.9 Å². The van der Waals surface area contributed by atoms with Crippen LogP contribution < -0.4 is 10.6 Å². The number of hydrogen-bond donors (Lipinski definition) is 2.